The van der Waals surface area contributed by atoms with E-state index in [1.54, 1.807) is 0 Å². The predicted octanol–water partition coefficient (Wildman–Crippen LogP) is -10.6. The second kappa shape index (κ2) is 38.3. The molecule has 0 aliphatic heterocycles. The Morgan fingerprint density at radius 2 is 1.33 bits per heavy atom. The minimum absolute atomic E-state index is 0. The molecule has 0 saturated carbocycles. The van der Waals surface area contributed by atoms with E-state index in [1.807, 2.05) is 0 Å². The molecule has 0 atom stereocenters. The number of rotatable bonds is 0. The molecule has 0 unspecified atom stereocenters. The van der Waals surface area contributed by atoms with Gasteiger partial charge in [0.1, 0.15) is 0 Å². The van der Waals surface area contributed by atoms with Gasteiger partial charge in [-0.3, -0.25) is 0 Å². The minimum Gasteiger partial charge on any atom is -1.00 e. The number of hydrogen-bond donors (Lipinski definition) is 0. The Hall–Kier alpha value is 0.955. The molecular formula is CHClLi2O2. The molecule has 0 aliphatic rings. The fourth-order valence-corrected chi connectivity index (χ4v) is 0. The average Bonchev–Trinajstić information content (AvgIpc) is 0.918. The molecule has 2 nitrogen and oxygen atoms in total. The van der Waals surface area contributed by atoms with E-state index < -0.39 is 6.47 Å². The molecular weight excluding hydrogens is 93.3 g/mol. The molecule has 0 rings (SSSR count). The van der Waals surface area contributed by atoms with Crippen LogP contribution < -0.4 is 55.2 Å². The summed E-state index contributed by atoms with van der Waals surface area (Å²) in [7, 11) is 0. The first-order valence-electron chi connectivity index (χ1n) is 0.471. The van der Waals surface area contributed by atoms with E-state index in [9.17, 15) is 0 Å². The fourth-order valence-electron chi connectivity index (χ4n) is 0. The van der Waals surface area contributed by atoms with Crippen molar-refractivity contribution in [2.75, 3.05) is 0 Å². The molecule has 0 aromatic carbocycles. The smallest absolute Gasteiger partial charge is 1.00 e. The van der Waals surface area contributed by atoms with E-state index in [0.29, 0.717) is 0 Å². The Morgan fingerprint density at radius 1 is 1.33 bits per heavy atom. The van der Waals surface area contributed by atoms with Crippen LogP contribution in [0.2, 0.25) is 0 Å². The van der Waals surface area contributed by atoms with Crippen LogP contribution in [0.1, 0.15) is 0 Å². The summed E-state index contributed by atoms with van der Waals surface area (Å²) in [6.07, 6.45) is 0. The summed E-state index contributed by atoms with van der Waals surface area (Å²) in [5.41, 5.74) is 0. The van der Waals surface area contributed by atoms with Crippen molar-refractivity contribution >= 4 is 6.47 Å². The zero-order valence-corrected chi connectivity index (χ0v) is 4.53. The van der Waals surface area contributed by atoms with Crippen molar-refractivity contribution in [1.29, 1.82) is 0 Å². The molecule has 0 N–H and O–H groups in total. The summed E-state index contributed by atoms with van der Waals surface area (Å²) in [6, 6.07) is 0. The number of carboxylic acid groups (broad SMARTS) is 1. The molecule has 0 aromatic heterocycles. The SMILES string of the molecule is O=C[O-].[Cl-].[Li+].[Li+]. The van der Waals surface area contributed by atoms with Crippen LogP contribution in [-0.4, -0.2) is 6.47 Å². The Morgan fingerprint density at radius 3 is 1.33 bits per heavy atom. The zero-order valence-electron chi connectivity index (χ0n) is 3.77. The first kappa shape index (κ1) is 28.2. The van der Waals surface area contributed by atoms with Gasteiger partial charge >= 0.3 is 37.7 Å². The molecule has 6 heavy (non-hydrogen) atoms. The van der Waals surface area contributed by atoms with Crippen molar-refractivity contribution in [3.05, 3.63) is 0 Å². The summed E-state index contributed by atoms with van der Waals surface area (Å²) < 4.78 is 0. The first-order valence-corrected chi connectivity index (χ1v) is 0.471. The number of carbonyl (C=O) groups excluding carboxylic acids is 1. The third-order valence-corrected chi connectivity index (χ3v) is 0. The van der Waals surface area contributed by atoms with Crippen molar-refractivity contribution in [3.63, 3.8) is 0 Å². The van der Waals surface area contributed by atoms with Gasteiger partial charge in [-0.1, -0.05) is 0 Å². The van der Waals surface area contributed by atoms with Crippen molar-refractivity contribution in [2.45, 2.75) is 0 Å². The first-order chi connectivity index (χ1) is 1.41. The van der Waals surface area contributed by atoms with E-state index in [1.165, 1.54) is 0 Å². The van der Waals surface area contributed by atoms with E-state index >= 15 is 0 Å². The Balaban J connectivity index is -0.00000000667. The summed E-state index contributed by atoms with van der Waals surface area (Å²) in [6.45, 7) is -0.500. The van der Waals surface area contributed by atoms with E-state index in [2.05, 4.69) is 0 Å². The molecule has 0 aromatic rings. The predicted molar refractivity (Wildman–Crippen MR) is 6.06 cm³/mol. The third kappa shape index (κ3) is 85.0. The van der Waals surface area contributed by atoms with E-state index in [0.717, 1.165) is 0 Å². The molecule has 5 heteroatoms. The summed E-state index contributed by atoms with van der Waals surface area (Å²) in [4.78, 5) is 8.25. The van der Waals surface area contributed by atoms with Crippen LogP contribution in [-0.2, 0) is 4.79 Å². The molecule has 0 spiro atoms. The molecule has 26 valence electrons. The van der Waals surface area contributed by atoms with Crippen molar-refractivity contribution in [2.24, 2.45) is 0 Å². The monoisotopic (exact) mass is 94.0 g/mol. The normalized spacial score (nSPS) is 2.00. The Labute approximate surface area is 66.4 Å². The molecule has 0 fully saturated rings. The molecule has 0 amide bonds. The van der Waals surface area contributed by atoms with Gasteiger partial charge in [0, 0.05) is 6.47 Å². The van der Waals surface area contributed by atoms with Crippen LogP contribution in [0.15, 0.2) is 0 Å². The van der Waals surface area contributed by atoms with Gasteiger partial charge in [-0.15, -0.1) is 0 Å². The number of halogens is 1. The van der Waals surface area contributed by atoms with E-state index in [-0.39, 0.29) is 50.1 Å². The van der Waals surface area contributed by atoms with Crippen molar-refractivity contribution in [3.8, 4) is 0 Å². The van der Waals surface area contributed by atoms with Gasteiger partial charge in [-0.05, 0) is 0 Å². The van der Waals surface area contributed by atoms with Crippen LogP contribution in [0.4, 0.5) is 0 Å². The maximum absolute atomic E-state index is 8.25. The van der Waals surface area contributed by atoms with Gasteiger partial charge in [0.15, 0.2) is 0 Å². The molecule has 0 radical (unpaired) electrons. The Bertz CT molecular complexity index is 19.0. The van der Waals surface area contributed by atoms with Gasteiger partial charge in [-0.25, -0.2) is 0 Å². The van der Waals surface area contributed by atoms with E-state index in [4.69, 9.17) is 9.90 Å². The fraction of sp³-hybridized carbons (Fsp3) is 0. The van der Waals surface area contributed by atoms with Crippen LogP contribution in [0.3, 0.4) is 0 Å². The third-order valence-electron chi connectivity index (χ3n) is 0. The number of carbonyl (C=O) groups is 1. The Kier molecular flexibility index (Phi) is 180. The van der Waals surface area contributed by atoms with Gasteiger partial charge < -0.3 is 22.3 Å². The van der Waals surface area contributed by atoms with Crippen LogP contribution >= 0.6 is 0 Å². The largest absolute Gasteiger partial charge is 1.00 e. The average molecular weight is 94.4 g/mol. The summed E-state index contributed by atoms with van der Waals surface area (Å²) in [5, 5.41) is 8.25. The summed E-state index contributed by atoms with van der Waals surface area (Å²) in [5.74, 6) is 0. The topological polar surface area (TPSA) is 40.1 Å². The standard InChI is InChI=1S/CH2O2.ClH.2Li/c2-1-3;;;/h1H,(H,2,3);1H;;/q;;2*+1/p-2. The second-order valence-electron chi connectivity index (χ2n) is 0.0962. The van der Waals surface area contributed by atoms with Gasteiger partial charge in [0.2, 0.25) is 0 Å². The zero-order chi connectivity index (χ0) is 2.71. The van der Waals surface area contributed by atoms with Gasteiger partial charge in [0.25, 0.3) is 0 Å². The molecule has 0 saturated heterocycles. The van der Waals surface area contributed by atoms with Crippen LogP contribution in [0, 0.1) is 0 Å². The van der Waals surface area contributed by atoms with Gasteiger partial charge in [-0.2, -0.15) is 0 Å². The molecule has 0 heterocycles. The maximum Gasteiger partial charge on any atom is 1.00 e. The van der Waals surface area contributed by atoms with Crippen molar-refractivity contribution < 1.29 is 60.0 Å². The number of hydrogen-bond acceptors (Lipinski definition) is 2. The molecule has 0 aliphatic carbocycles. The maximum atomic E-state index is 8.25. The second-order valence-corrected chi connectivity index (χ2v) is 0.0962. The van der Waals surface area contributed by atoms with Gasteiger partial charge in [0.05, 0.1) is 0 Å². The minimum atomic E-state index is -0.500. The van der Waals surface area contributed by atoms with Crippen LogP contribution in [0.5, 0.6) is 0 Å². The van der Waals surface area contributed by atoms with Crippen LogP contribution in [0.25, 0.3) is 0 Å². The van der Waals surface area contributed by atoms with Crippen molar-refractivity contribution in [1.82, 2.24) is 0 Å². The molecule has 0 bridgehead atoms. The summed E-state index contributed by atoms with van der Waals surface area (Å²) >= 11 is 0. The quantitative estimate of drug-likeness (QED) is 0.221.